The zero-order valence-corrected chi connectivity index (χ0v) is 12.3. The predicted octanol–water partition coefficient (Wildman–Crippen LogP) is 0.916. The number of rotatable bonds is 0. The van der Waals surface area contributed by atoms with Crippen LogP contribution in [-0.4, -0.2) is 40.1 Å². The summed E-state index contributed by atoms with van der Waals surface area (Å²) < 4.78 is 18.2. The first-order valence-corrected chi connectivity index (χ1v) is 5.81. The van der Waals surface area contributed by atoms with Crippen LogP contribution in [0.15, 0.2) is 11.0 Å². The Morgan fingerprint density at radius 3 is 2.56 bits per heavy atom. The summed E-state index contributed by atoms with van der Waals surface area (Å²) in [6.07, 6.45) is 0.928. The van der Waals surface area contributed by atoms with Crippen molar-refractivity contribution in [2.75, 3.05) is 25.4 Å². The Bertz CT molecular complexity index is 380. The SMILES string of the molecule is C1CSCO1.CO.Cn1cc(F)c([NH-])nc1=O.[V]. The molecule has 0 spiro atoms. The van der Waals surface area contributed by atoms with E-state index in [1.54, 1.807) is 0 Å². The Morgan fingerprint density at radius 2 is 2.22 bits per heavy atom. The van der Waals surface area contributed by atoms with Gasteiger partial charge in [0.15, 0.2) is 0 Å². The van der Waals surface area contributed by atoms with Crippen molar-refractivity contribution in [3.05, 3.63) is 28.2 Å². The third kappa shape index (κ3) is 7.73. The van der Waals surface area contributed by atoms with E-state index in [-0.39, 0.29) is 18.6 Å². The maximum atomic E-state index is 12.3. The Balaban J connectivity index is 0. The number of hydrogen-bond donors (Lipinski definition) is 1. The summed E-state index contributed by atoms with van der Waals surface area (Å²) in [4.78, 5) is 13.6. The van der Waals surface area contributed by atoms with Gasteiger partial charge in [-0.1, -0.05) is 0 Å². The molecule has 0 amide bonds. The molecule has 9 heteroatoms. The van der Waals surface area contributed by atoms with Gasteiger partial charge in [0.25, 0.3) is 0 Å². The minimum Gasteiger partial charge on any atom is -0.480 e. The van der Waals surface area contributed by atoms with Crippen LogP contribution in [0.2, 0.25) is 0 Å². The van der Waals surface area contributed by atoms with Crippen LogP contribution in [-0.2, 0) is 30.3 Å². The van der Waals surface area contributed by atoms with Gasteiger partial charge in [0, 0.05) is 44.7 Å². The van der Waals surface area contributed by atoms with Gasteiger partial charge in [-0.05, 0) is 5.82 Å². The molecule has 0 aliphatic carbocycles. The third-order valence-electron chi connectivity index (χ3n) is 1.58. The zero-order valence-electron chi connectivity index (χ0n) is 10.1. The molecule has 0 atom stereocenters. The second-order valence-corrected chi connectivity index (χ2v) is 3.82. The number of aliphatic hydroxyl groups is 1. The summed E-state index contributed by atoms with van der Waals surface area (Å²) in [7, 11) is 2.37. The van der Waals surface area contributed by atoms with Crippen molar-refractivity contribution in [3.8, 4) is 0 Å². The minimum absolute atomic E-state index is 0. The van der Waals surface area contributed by atoms with Crippen molar-refractivity contribution >= 4 is 17.6 Å². The summed E-state index contributed by atoms with van der Waals surface area (Å²) in [5.74, 6) is 0.713. The van der Waals surface area contributed by atoms with Crippen molar-refractivity contribution in [1.82, 2.24) is 9.55 Å². The van der Waals surface area contributed by atoms with E-state index in [1.165, 1.54) is 12.8 Å². The van der Waals surface area contributed by atoms with Gasteiger partial charge < -0.3 is 25.1 Å². The Morgan fingerprint density at radius 1 is 1.61 bits per heavy atom. The van der Waals surface area contributed by atoms with E-state index in [0.717, 1.165) is 30.4 Å². The van der Waals surface area contributed by atoms with E-state index in [2.05, 4.69) is 4.98 Å². The standard InChI is InChI=1S/C5H6FN3O.C3H6OS.CH4O.V/c1-9-2-3(6)4(7)8-5(9)10;1-2-5-3-4-1;1-2;/h2H,1H3,(H2,7,8,10);1-3H2;2H,1H3;/p-1. The minimum atomic E-state index is -0.790. The molecule has 1 radical (unpaired) electrons. The number of aromatic nitrogens is 2. The molecule has 103 valence electrons. The van der Waals surface area contributed by atoms with Crippen LogP contribution >= 0.6 is 11.8 Å². The van der Waals surface area contributed by atoms with Crippen LogP contribution in [0.25, 0.3) is 5.73 Å². The van der Waals surface area contributed by atoms with Crippen LogP contribution in [0.3, 0.4) is 0 Å². The molecule has 0 unspecified atom stereocenters. The maximum Gasteiger partial charge on any atom is 0.245 e. The smallest absolute Gasteiger partial charge is 0.245 e. The van der Waals surface area contributed by atoms with E-state index in [1.807, 2.05) is 11.8 Å². The Kier molecular flexibility index (Phi) is 12.7. The largest absolute Gasteiger partial charge is 0.480 e. The number of nitrogens with one attached hydrogen (secondary N) is 1. The van der Waals surface area contributed by atoms with Crippen LogP contribution in [0, 0.1) is 5.82 Å². The van der Waals surface area contributed by atoms with Gasteiger partial charge in [-0.3, -0.25) is 4.79 Å². The van der Waals surface area contributed by atoms with Gasteiger partial charge in [0.05, 0.1) is 12.5 Å². The molecule has 0 aromatic carbocycles. The van der Waals surface area contributed by atoms with Crippen molar-refractivity contribution in [3.63, 3.8) is 0 Å². The number of halogens is 1. The second-order valence-electron chi connectivity index (χ2n) is 2.77. The molecule has 1 aliphatic heterocycles. The van der Waals surface area contributed by atoms with Crippen molar-refractivity contribution in [2.24, 2.45) is 7.05 Å². The number of thioether (sulfide) groups is 1. The van der Waals surface area contributed by atoms with Crippen molar-refractivity contribution in [2.45, 2.75) is 0 Å². The summed E-state index contributed by atoms with van der Waals surface area (Å²) in [5, 5.41) is 7.00. The first-order valence-electron chi connectivity index (χ1n) is 4.66. The zero-order chi connectivity index (χ0) is 13.3. The second kappa shape index (κ2) is 11.5. The molecule has 1 aromatic rings. The normalized spacial score (nSPS) is 12.4. The van der Waals surface area contributed by atoms with Gasteiger partial charge in [-0.25, -0.2) is 4.39 Å². The summed E-state index contributed by atoms with van der Waals surface area (Å²) >= 11 is 1.85. The molecule has 0 bridgehead atoms. The number of nitrogens with zero attached hydrogens (tertiary/aromatic N) is 2. The predicted molar refractivity (Wildman–Crippen MR) is 64.8 cm³/mol. The van der Waals surface area contributed by atoms with E-state index in [9.17, 15) is 9.18 Å². The molecule has 1 fully saturated rings. The number of hydrogen-bond acceptors (Lipinski definition) is 5. The first-order chi connectivity index (χ1) is 8.11. The van der Waals surface area contributed by atoms with E-state index < -0.39 is 17.3 Å². The molecule has 18 heavy (non-hydrogen) atoms. The molecule has 2 heterocycles. The average molecular weight is 315 g/mol. The molecule has 2 rings (SSSR count). The van der Waals surface area contributed by atoms with E-state index in [4.69, 9.17) is 15.6 Å². The topological polar surface area (TPSA) is 88.2 Å². The molecular formula is C9H15FN3O3SV-. The van der Waals surface area contributed by atoms with Crippen molar-refractivity contribution in [1.29, 1.82) is 0 Å². The number of aliphatic hydroxyl groups excluding tert-OH is 1. The molecular weight excluding hydrogens is 300 g/mol. The Hall–Kier alpha value is -0.536. The first kappa shape index (κ1) is 19.8. The van der Waals surface area contributed by atoms with Crippen molar-refractivity contribution < 1.29 is 32.8 Å². The Labute approximate surface area is 121 Å². The fourth-order valence-corrected chi connectivity index (χ4v) is 1.40. The third-order valence-corrected chi connectivity index (χ3v) is 2.37. The average Bonchev–Trinajstić information content (AvgIpc) is 2.88. The molecule has 6 nitrogen and oxygen atoms in total. The summed E-state index contributed by atoms with van der Waals surface area (Å²) in [6, 6.07) is 0. The molecule has 1 aromatic heterocycles. The van der Waals surface area contributed by atoms with Crippen LogP contribution in [0.4, 0.5) is 10.2 Å². The number of aryl methyl sites for hydroxylation is 1. The van der Waals surface area contributed by atoms with Crippen LogP contribution in [0.1, 0.15) is 0 Å². The monoisotopic (exact) mass is 315 g/mol. The summed E-state index contributed by atoms with van der Waals surface area (Å²) in [6.45, 7) is 0.963. The van der Waals surface area contributed by atoms with Gasteiger partial charge in [-0.2, -0.15) is 0 Å². The molecule has 1 aliphatic rings. The number of ether oxygens (including phenoxy) is 1. The van der Waals surface area contributed by atoms with Gasteiger partial charge >= 0.3 is 0 Å². The quantitative estimate of drug-likeness (QED) is 0.769. The molecule has 0 saturated carbocycles. The maximum absolute atomic E-state index is 12.3. The van der Waals surface area contributed by atoms with Crippen LogP contribution < -0.4 is 5.69 Å². The van der Waals surface area contributed by atoms with Gasteiger partial charge in [0.1, 0.15) is 5.82 Å². The molecule has 2 N–H and O–H groups in total. The summed E-state index contributed by atoms with van der Waals surface area (Å²) in [5.41, 5.74) is 6.14. The fraction of sp³-hybridized carbons (Fsp3) is 0.556. The molecule has 1 saturated heterocycles. The van der Waals surface area contributed by atoms with Crippen LogP contribution in [0.5, 0.6) is 0 Å². The van der Waals surface area contributed by atoms with E-state index in [0.29, 0.717) is 0 Å². The van der Waals surface area contributed by atoms with Gasteiger partial charge in [-0.15, -0.1) is 11.8 Å². The van der Waals surface area contributed by atoms with Gasteiger partial charge in [0.2, 0.25) is 5.69 Å². The van der Waals surface area contributed by atoms with E-state index >= 15 is 0 Å². The fourth-order valence-electron chi connectivity index (χ4n) is 0.809.